The van der Waals surface area contributed by atoms with Crippen LogP contribution in [0.5, 0.6) is 5.75 Å². The van der Waals surface area contributed by atoms with Crippen molar-refractivity contribution in [2.24, 2.45) is 0 Å². The van der Waals surface area contributed by atoms with Gasteiger partial charge in [0, 0.05) is 76.2 Å². The molecular weight excluding hydrogens is 592 g/mol. The maximum Gasteiger partial charge on any atom is 0.229 e. The van der Waals surface area contributed by atoms with Crippen LogP contribution in [0.15, 0.2) is 48.7 Å². The molecule has 1 aromatic heterocycles. The minimum absolute atomic E-state index is 0.134. The molecule has 0 bridgehead atoms. The van der Waals surface area contributed by atoms with Crippen LogP contribution in [0.2, 0.25) is 5.02 Å². The van der Waals surface area contributed by atoms with E-state index in [-0.39, 0.29) is 12.5 Å². The number of benzene rings is 2. The fourth-order valence-electron chi connectivity index (χ4n) is 5.58. The molecule has 0 radical (unpaired) electrons. The van der Waals surface area contributed by atoms with Crippen molar-refractivity contribution in [2.75, 3.05) is 61.9 Å². The minimum Gasteiger partial charge on any atom is -0.494 e. The molecule has 43 heavy (non-hydrogen) atoms. The first-order valence-corrected chi connectivity index (χ1v) is 15.8. The topological polar surface area (TPSA) is 132 Å². The zero-order chi connectivity index (χ0) is 30.3. The smallest absolute Gasteiger partial charge is 0.229 e. The minimum atomic E-state index is -2.72. The van der Waals surface area contributed by atoms with Crippen LogP contribution in [-0.2, 0) is 22.2 Å². The molecule has 1 amide bonds. The van der Waals surface area contributed by atoms with Crippen LogP contribution in [-0.4, -0.2) is 86.5 Å². The summed E-state index contributed by atoms with van der Waals surface area (Å²) in [7, 11) is -1.09. The number of halogens is 1. The van der Waals surface area contributed by atoms with Crippen molar-refractivity contribution in [2.45, 2.75) is 32.4 Å². The fraction of sp³-hybridized carbons (Fsp3) is 0.414. The number of para-hydroxylation sites is 1. The van der Waals surface area contributed by atoms with Gasteiger partial charge in [-0.1, -0.05) is 29.8 Å². The maximum atomic E-state index is 11.7. The van der Waals surface area contributed by atoms with Crippen LogP contribution in [0.25, 0.3) is 0 Å². The van der Waals surface area contributed by atoms with Gasteiger partial charge >= 0.3 is 0 Å². The number of carbonyl (C=O) groups is 1. The Bertz CT molecular complexity index is 1500. The molecule has 2 fully saturated rings. The molecule has 2 aliphatic rings. The first-order valence-electron chi connectivity index (χ1n) is 14.3. The summed E-state index contributed by atoms with van der Waals surface area (Å²) in [5, 5.41) is 6.73. The molecule has 5 rings (SSSR count). The lowest BCUT2D eigenvalue weighted by Gasteiger charge is -2.43. The summed E-state index contributed by atoms with van der Waals surface area (Å²) < 4.78 is 30.1. The van der Waals surface area contributed by atoms with Crippen molar-refractivity contribution in [3.05, 3.63) is 59.2 Å². The Labute approximate surface area is 258 Å². The molecule has 3 heterocycles. The van der Waals surface area contributed by atoms with Crippen LogP contribution in [0.1, 0.15) is 25.3 Å². The van der Waals surface area contributed by atoms with E-state index in [1.165, 1.54) is 6.20 Å². The number of hydrogen-bond acceptors (Lipinski definition) is 10. The lowest BCUT2D eigenvalue weighted by Crippen LogP contribution is -2.53. The van der Waals surface area contributed by atoms with Crippen molar-refractivity contribution in [3.8, 4) is 5.75 Å². The molecule has 14 heteroatoms. The van der Waals surface area contributed by atoms with E-state index < -0.39 is 10.9 Å². The van der Waals surface area contributed by atoms with Gasteiger partial charge in [-0.15, -0.1) is 0 Å². The monoisotopic (exact) mass is 628 g/mol. The Kier molecular flexibility index (Phi) is 10.2. The Morgan fingerprint density at radius 2 is 1.77 bits per heavy atom. The zero-order valence-electron chi connectivity index (χ0n) is 24.3. The second-order valence-electron chi connectivity index (χ2n) is 10.5. The van der Waals surface area contributed by atoms with Crippen molar-refractivity contribution in [3.63, 3.8) is 0 Å². The SMILES string of the molecule is COc1cc(N2CCN(C3CCN(C(C)=O)CC3)CC2)ccc1Nc1ncc(Cl)c(Nc2ccccc2CN[SH](=O)=O)n1. The van der Waals surface area contributed by atoms with Crippen LogP contribution >= 0.6 is 11.6 Å². The number of amides is 1. The summed E-state index contributed by atoms with van der Waals surface area (Å²) in [6, 6.07) is 13.9. The third kappa shape index (κ3) is 7.85. The Hall–Kier alpha value is -3.65. The number of nitrogens with zero attached hydrogens (tertiary/aromatic N) is 5. The second kappa shape index (κ2) is 14.2. The highest BCUT2D eigenvalue weighted by Gasteiger charge is 2.28. The molecule has 0 atom stereocenters. The molecule has 12 nitrogen and oxygen atoms in total. The van der Waals surface area contributed by atoms with Crippen LogP contribution in [0, 0.1) is 0 Å². The summed E-state index contributed by atoms with van der Waals surface area (Å²) in [6.45, 7) is 7.27. The van der Waals surface area contributed by atoms with Crippen LogP contribution in [0.4, 0.5) is 28.8 Å². The number of rotatable bonds is 10. The van der Waals surface area contributed by atoms with Crippen molar-refractivity contribution in [1.29, 1.82) is 0 Å². The number of piperazine rings is 1. The Morgan fingerprint density at radius 1 is 1.02 bits per heavy atom. The van der Waals surface area contributed by atoms with E-state index in [0.717, 1.165) is 63.4 Å². The lowest BCUT2D eigenvalue weighted by atomic mass is 10.0. The first kappa shape index (κ1) is 30.8. The van der Waals surface area contributed by atoms with Gasteiger partial charge in [0.2, 0.25) is 22.7 Å². The molecule has 2 aromatic carbocycles. The van der Waals surface area contributed by atoms with Gasteiger partial charge in [-0.25, -0.2) is 18.1 Å². The second-order valence-corrected chi connectivity index (χ2v) is 11.8. The summed E-state index contributed by atoms with van der Waals surface area (Å²) in [6.07, 6.45) is 3.57. The number of ether oxygens (including phenoxy) is 1. The molecule has 0 unspecified atom stereocenters. The first-order chi connectivity index (χ1) is 20.8. The molecule has 3 N–H and O–H groups in total. The summed E-state index contributed by atoms with van der Waals surface area (Å²) in [5.41, 5.74) is 3.20. The van der Waals surface area contributed by atoms with Gasteiger partial charge in [0.1, 0.15) is 10.8 Å². The van der Waals surface area contributed by atoms with Gasteiger partial charge in [-0.05, 0) is 36.6 Å². The van der Waals surface area contributed by atoms with Gasteiger partial charge in [-0.3, -0.25) is 9.69 Å². The van der Waals surface area contributed by atoms with E-state index in [0.29, 0.717) is 40.0 Å². The molecule has 2 aliphatic heterocycles. The standard InChI is InChI=1S/C29H37ClN8O4S/c1-20(39)36-11-9-22(10-12-36)37-13-15-38(16-14-37)23-7-8-26(27(17-23)42-2)34-29-31-19-24(30)28(35-29)33-25-6-4-3-5-21(25)18-32-43(40)41/h3-8,17,19,22,43H,9-16,18H2,1-2H3,(H,32,40,41)(H2,31,33,34,35). The van der Waals surface area contributed by atoms with E-state index in [1.54, 1.807) is 14.0 Å². The number of anilines is 5. The predicted molar refractivity (Wildman–Crippen MR) is 169 cm³/mol. The van der Waals surface area contributed by atoms with E-state index in [9.17, 15) is 13.2 Å². The average molecular weight is 629 g/mol. The normalized spacial score (nSPS) is 16.4. The summed E-state index contributed by atoms with van der Waals surface area (Å²) in [4.78, 5) is 27.4. The quantitative estimate of drug-likeness (QED) is 0.248. The van der Waals surface area contributed by atoms with E-state index in [4.69, 9.17) is 16.3 Å². The van der Waals surface area contributed by atoms with Gasteiger partial charge in [0.05, 0.1) is 19.0 Å². The lowest BCUT2D eigenvalue weighted by molar-refractivity contribution is -0.130. The number of aromatic nitrogens is 2. The molecule has 3 aromatic rings. The Morgan fingerprint density at radius 3 is 2.47 bits per heavy atom. The highest BCUT2D eigenvalue weighted by atomic mass is 35.5. The largest absolute Gasteiger partial charge is 0.494 e. The molecule has 0 saturated carbocycles. The van der Waals surface area contributed by atoms with Crippen molar-refractivity contribution in [1.82, 2.24) is 24.5 Å². The van der Waals surface area contributed by atoms with E-state index in [2.05, 4.69) is 41.2 Å². The van der Waals surface area contributed by atoms with Gasteiger partial charge < -0.3 is 25.2 Å². The van der Waals surface area contributed by atoms with Crippen molar-refractivity contribution >= 4 is 57.2 Å². The third-order valence-corrected chi connectivity index (χ3v) is 8.64. The molecule has 0 spiro atoms. The summed E-state index contributed by atoms with van der Waals surface area (Å²) in [5.74, 6) is 1.52. The number of nitrogens with one attached hydrogen (secondary N) is 3. The molecule has 2 saturated heterocycles. The summed E-state index contributed by atoms with van der Waals surface area (Å²) >= 11 is 6.40. The predicted octanol–water partition coefficient (Wildman–Crippen LogP) is 3.37. The number of carbonyl (C=O) groups excluding carboxylic acids is 1. The fourth-order valence-corrected chi connectivity index (χ4v) is 6.02. The number of piperidine rings is 1. The highest BCUT2D eigenvalue weighted by Crippen LogP contribution is 2.33. The van der Waals surface area contributed by atoms with E-state index in [1.807, 2.05) is 41.3 Å². The number of methoxy groups -OCH3 is 1. The zero-order valence-corrected chi connectivity index (χ0v) is 25.9. The molecule has 0 aliphatic carbocycles. The van der Waals surface area contributed by atoms with E-state index >= 15 is 0 Å². The van der Waals surface area contributed by atoms with Crippen LogP contribution < -0.4 is 25.0 Å². The Balaban J connectivity index is 1.23. The van der Waals surface area contributed by atoms with Gasteiger partial charge in [-0.2, -0.15) is 4.98 Å². The van der Waals surface area contributed by atoms with Crippen LogP contribution in [0.3, 0.4) is 0 Å². The van der Waals surface area contributed by atoms with Crippen molar-refractivity contribution < 1.29 is 17.9 Å². The molecule has 230 valence electrons. The number of hydrogen-bond donors (Lipinski definition) is 4. The van der Waals surface area contributed by atoms with Gasteiger partial charge in [0.15, 0.2) is 5.82 Å². The number of likely N-dealkylation sites (tertiary alicyclic amines) is 1. The molecular formula is C29H37ClN8O4S. The third-order valence-electron chi connectivity index (χ3n) is 7.95. The number of thiol groups is 1. The van der Waals surface area contributed by atoms with Gasteiger partial charge in [0.25, 0.3) is 0 Å². The maximum absolute atomic E-state index is 11.7. The average Bonchev–Trinajstić information content (AvgIpc) is 3.02. The highest BCUT2D eigenvalue weighted by molar-refractivity contribution is 7.70.